The van der Waals surface area contributed by atoms with Crippen molar-refractivity contribution in [3.8, 4) is 0 Å². The van der Waals surface area contributed by atoms with Gasteiger partial charge in [-0.15, -0.1) is 0 Å². The summed E-state index contributed by atoms with van der Waals surface area (Å²) in [5.41, 5.74) is 2.22. The number of benzene rings is 1. The van der Waals surface area contributed by atoms with Gasteiger partial charge >= 0.3 is 0 Å². The molecule has 2 aromatic rings. The maximum atomic E-state index is 12.2. The first-order chi connectivity index (χ1) is 10.6. The number of hydrogen-bond donors (Lipinski definition) is 1. The van der Waals surface area contributed by atoms with Crippen molar-refractivity contribution < 1.29 is 9.32 Å². The number of carbonyl (C=O) groups is 1. The van der Waals surface area contributed by atoms with Gasteiger partial charge in [-0.2, -0.15) is 0 Å². The van der Waals surface area contributed by atoms with Crippen LogP contribution in [0.2, 0.25) is 0 Å². The van der Waals surface area contributed by atoms with Crippen LogP contribution in [0.5, 0.6) is 0 Å². The highest BCUT2D eigenvalue weighted by Gasteiger charge is 2.20. The number of amides is 1. The fourth-order valence-electron chi connectivity index (χ4n) is 1.93. The van der Waals surface area contributed by atoms with Crippen molar-refractivity contribution in [1.82, 2.24) is 5.16 Å². The van der Waals surface area contributed by atoms with Crippen molar-refractivity contribution in [2.24, 2.45) is 4.99 Å². The molecule has 0 aliphatic carbocycles. The van der Waals surface area contributed by atoms with Crippen molar-refractivity contribution in [2.75, 3.05) is 5.32 Å². The average Bonchev–Trinajstić information content (AvgIpc) is 2.92. The van der Waals surface area contributed by atoms with Crippen LogP contribution < -0.4 is 5.32 Å². The molecule has 1 aliphatic heterocycles. The zero-order valence-corrected chi connectivity index (χ0v) is 13.8. The molecule has 0 spiro atoms. The van der Waals surface area contributed by atoms with Gasteiger partial charge in [-0.25, -0.2) is 4.99 Å². The number of nitrogens with zero attached hydrogens (tertiary/aromatic N) is 2. The third-order valence-electron chi connectivity index (χ3n) is 3.08. The summed E-state index contributed by atoms with van der Waals surface area (Å²) in [5.74, 6) is 1.89. The van der Waals surface area contributed by atoms with Gasteiger partial charge in [0.1, 0.15) is 10.1 Å². The summed E-state index contributed by atoms with van der Waals surface area (Å²) in [5, 5.41) is 6.25. The normalized spacial score (nSPS) is 14.9. The number of aromatic nitrogens is 1. The Morgan fingerprint density at radius 1 is 1.45 bits per heavy atom. The fraction of sp³-hybridized carbons (Fsp3) is 0.267. The molecule has 1 aromatic carbocycles. The molecular weight excluding hydrogens is 318 g/mol. The lowest BCUT2D eigenvalue weighted by molar-refractivity contribution is -0.115. The molecule has 114 valence electrons. The Kier molecular flexibility index (Phi) is 4.54. The number of fused-ring (bicyclic) bond motifs is 1. The third kappa shape index (κ3) is 3.53. The molecule has 22 heavy (non-hydrogen) atoms. The minimum absolute atomic E-state index is 0.111. The average molecular weight is 333 g/mol. The second-order valence-electron chi connectivity index (χ2n) is 4.87. The third-order valence-corrected chi connectivity index (χ3v) is 5.38. The first kappa shape index (κ1) is 15.2. The summed E-state index contributed by atoms with van der Waals surface area (Å²) in [7, 11) is 0. The number of nitrogens with one attached hydrogen (secondary N) is 1. The second kappa shape index (κ2) is 6.58. The summed E-state index contributed by atoms with van der Waals surface area (Å²) in [4.78, 5) is 16.8. The minimum atomic E-state index is -0.256. The van der Waals surface area contributed by atoms with Crippen molar-refractivity contribution in [1.29, 1.82) is 0 Å². The standard InChI is InChI=1S/C15H15N3O2S2/c1-9-7-13(18-20-9)17-14(19)10(2)22-15-16-12-6-4-3-5-11(12)8-21-15/h3-7,10H,8H2,1-2H3,(H,17,18,19). The number of rotatable bonds is 3. The number of aryl methyl sites for hydroxylation is 1. The Hall–Kier alpha value is -1.73. The van der Waals surface area contributed by atoms with E-state index in [4.69, 9.17) is 4.52 Å². The van der Waals surface area contributed by atoms with Crippen molar-refractivity contribution >= 4 is 45.3 Å². The Balaban J connectivity index is 1.63. The van der Waals surface area contributed by atoms with Gasteiger partial charge in [0.25, 0.3) is 0 Å². The number of anilines is 1. The molecule has 1 aromatic heterocycles. The van der Waals surface area contributed by atoms with Crippen LogP contribution in [0, 0.1) is 6.92 Å². The molecule has 0 radical (unpaired) electrons. The van der Waals surface area contributed by atoms with E-state index < -0.39 is 0 Å². The van der Waals surface area contributed by atoms with Gasteiger partial charge in [-0.3, -0.25) is 4.79 Å². The van der Waals surface area contributed by atoms with Gasteiger partial charge in [-0.1, -0.05) is 46.9 Å². The molecule has 1 amide bonds. The topological polar surface area (TPSA) is 67.5 Å². The molecule has 0 bridgehead atoms. The molecule has 5 nitrogen and oxygen atoms in total. The summed E-state index contributed by atoms with van der Waals surface area (Å²) in [6.07, 6.45) is 0. The smallest absolute Gasteiger partial charge is 0.238 e. The zero-order chi connectivity index (χ0) is 15.5. The highest BCUT2D eigenvalue weighted by atomic mass is 32.2. The summed E-state index contributed by atoms with van der Waals surface area (Å²) in [6, 6.07) is 9.76. The van der Waals surface area contributed by atoms with Crippen LogP contribution in [0.4, 0.5) is 11.5 Å². The van der Waals surface area contributed by atoms with Gasteiger partial charge in [-0.05, 0) is 25.5 Å². The molecule has 1 atom stereocenters. The highest BCUT2D eigenvalue weighted by Crippen LogP contribution is 2.35. The number of aliphatic imine (C=N–C) groups is 1. The number of carbonyl (C=O) groups excluding carboxylic acids is 1. The maximum Gasteiger partial charge on any atom is 0.238 e. The molecule has 2 heterocycles. The van der Waals surface area contributed by atoms with E-state index in [9.17, 15) is 4.79 Å². The van der Waals surface area contributed by atoms with Crippen molar-refractivity contribution in [3.05, 3.63) is 41.7 Å². The molecule has 0 fully saturated rings. The summed E-state index contributed by atoms with van der Waals surface area (Å²) >= 11 is 3.12. The van der Waals surface area contributed by atoms with Crippen LogP contribution >= 0.6 is 23.5 Å². The molecule has 1 unspecified atom stereocenters. The van der Waals surface area contributed by atoms with E-state index in [1.54, 1.807) is 24.8 Å². The Morgan fingerprint density at radius 3 is 3.05 bits per heavy atom. The monoisotopic (exact) mass is 333 g/mol. The van der Waals surface area contributed by atoms with E-state index in [0.717, 1.165) is 15.8 Å². The Morgan fingerprint density at radius 2 is 2.27 bits per heavy atom. The summed E-state index contributed by atoms with van der Waals surface area (Å²) in [6.45, 7) is 3.64. The maximum absolute atomic E-state index is 12.2. The van der Waals surface area contributed by atoms with Gasteiger partial charge in [0, 0.05) is 11.8 Å². The van der Waals surface area contributed by atoms with E-state index >= 15 is 0 Å². The minimum Gasteiger partial charge on any atom is -0.360 e. The second-order valence-corrected chi connectivity index (χ2v) is 7.42. The Bertz CT molecular complexity index is 727. The van der Waals surface area contributed by atoms with Crippen LogP contribution in [0.15, 0.2) is 39.8 Å². The van der Waals surface area contributed by atoms with E-state index in [1.807, 2.05) is 25.1 Å². The van der Waals surface area contributed by atoms with Crippen molar-refractivity contribution in [2.45, 2.75) is 24.9 Å². The molecule has 0 saturated carbocycles. The lowest BCUT2D eigenvalue weighted by Crippen LogP contribution is -2.23. The molecule has 1 aliphatic rings. The zero-order valence-electron chi connectivity index (χ0n) is 12.2. The lowest BCUT2D eigenvalue weighted by atomic mass is 10.2. The first-order valence-electron chi connectivity index (χ1n) is 6.82. The van der Waals surface area contributed by atoms with E-state index in [0.29, 0.717) is 11.6 Å². The SMILES string of the molecule is Cc1cc(NC(=O)C(C)SC2=Nc3ccccc3CS2)no1. The van der Waals surface area contributed by atoms with Gasteiger partial charge in [0.2, 0.25) is 5.91 Å². The highest BCUT2D eigenvalue weighted by molar-refractivity contribution is 8.39. The number of hydrogen-bond acceptors (Lipinski definition) is 6. The van der Waals surface area contributed by atoms with E-state index in [-0.39, 0.29) is 11.2 Å². The predicted molar refractivity (Wildman–Crippen MR) is 91.8 cm³/mol. The molecule has 3 rings (SSSR count). The number of para-hydroxylation sites is 1. The van der Waals surface area contributed by atoms with Crippen LogP contribution in [0.1, 0.15) is 18.2 Å². The molecule has 1 N–H and O–H groups in total. The first-order valence-corrected chi connectivity index (χ1v) is 8.68. The van der Waals surface area contributed by atoms with E-state index in [1.165, 1.54) is 17.3 Å². The summed E-state index contributed by atoms with van der Waals surface area (Å²) < 4.78 is 5.85. The largest absolute Gasteiger partial charge is 0.360 e. The van der Waals surface area contributed by atoms with Crippen LogP contribution in [0.25, 0.3) is 0 Å². The fourth-order valence-corrected chi connectivity index (χ4v) is 4.12. The molecular formula is C15H15N3O2S2. The molecule has 0 saturated heterocycles. The van der Waals surface area contributed by atoms with Gasteiger partial charge in [0.15, 0.2) is 5.82 Å². The van der Waals surface area contributed by atoms with Gasteiger partial charge in [0.05, 0.1) is 10.9 Å². The van der Waals surface area contributed by atoms with E-state index in [2.05, 4.69) is 21.5 Å². The predicted octanol–water partition coefficient (Wildman–Crippen LogP) is 3.98. The lowest BCUT2D eigenvalue weighted by Gasteiger charge is -2.16. The Labute approximate surface area is 136 Å². The number of thioether (sulfide) groups is 2. The van der Waals surface area contributed by atoms with Crippen LogP contribution in [-0.4, -0.2) is 20.7 Å². The molecule has 7 heteroatoms. The van der Waals surface area contributed by atoms with Crippen LogP contribution in [-0.2, 0) is 10.5 Å². The van der Waals surface area contributed by atoms with Crippen LogP contribution in [0.3, 0.4) is 0 Å². The quantitative estimate of drug-likeness (QED) is 0.920. The van der Waals surface area contributed by atoms with Crippen molar-refractivity contribution in [3.63, 3.8) is 0 Å². The van der Waals surface area contributed by atoms with Gasteiger partial charge < -0.3 is 9.84 Å².